The van der Waals surface area contributed by atoms with Gasteiger partial charge in [0.25, 0.3) is 11.5 Å². The molecule has 1 aromatic carbocycles. The number of thiophene rings is 1. The quantitative estimate of drug-likeness (QED) is 0.710. The lowest BCUT2D eigenvalue weighted by Gasteiger charge is -2.33. The molecule has 0 N–H and O–H groups in total. The molecule has 6 heteroatoms. The number of carbonyl (C=O) groups excluding carboxylic acids is 1. The third-order valence-electron chi connectivity index (χ3n) is 5.04. The summed E-state index contributed by atoms with van der Waals surface area (Å²) in [5, 5.41) is 7.74. The molecule has 1 aliphatic heterocycles. The van der Waals surface area contributed by atoms with Gasteiger partial charge in [-0.25, -0.2) is 4.68 Å². The van der Waals surface area contributed by atoms with E-state index in [9.17, 15) is 9.59 Å². The molecule has 2 aromatic heterocycles. The van der Waals surface area contributed by atoms with Crippen LogP contribution in [0.2, 0.25) is 0 Å². The Balaban J connectivity index is 1.82. The van der Waals surface area contributed by atoms with Gasteiger partial charge in [0.15, 0.2) is 5.69 Å². The Morgan fingerprint density at radius 1 is 1.27 bits per heavy atom. The Kier molecular flexibility index (Phi) is 4.36. The number of aromatic nitrogens is 2. The molecular weight excluding hydrogens is 346 g/mol. The van der Waals surface area contributed by atoms with Crippen LogP contribution in [0.15, 0.2) is 40.5 Å². The third kappa shape index (κ3) is 2.65. The van der Waals surface area contributed by atoms with Crippen molar-refractivity contribution in [1.29, 1.82) is 0 Å². The maximum Gasteiger partial charge on any atom is 0.275 e. The molecule has 3 aromatic rings. The van der Waals surface area contributed by atoms with Crippen molar-refractivity contribution < 1.29 is 4.79 Å². The topological polar surface area (TPSA) is 55.2 Å². The highest BCUT2D eigenvalue weighted by atomic mass is 32.1. The van der Waals surface area contributed by atoms with E-state index in [0.717, 1.165) is 12.8 Å². The molecule has 26 heavy (non-hydrogen) atoms. The van der Waals surface area contributed by atoms with E-state index in [0.29, 0.717) is 29.6 Å². The molecular formula is C20H21N3O2S. The van der Waals surface area contributed by atoms with Crippen molar-refractivity contribution in [3.63, 3.8) is 0 Å². The number of nitrogens with zero attached hydrogens (tertiary/aromatic N) is 3. The molecule has 0 radical (unpaired) electrons. The van der Waals surface area contributed by atoms with Crippen LogP contribution in [-0.2, 0) is 13.0 Å². The van der Waals surface area contributed by atoms with Crippen molar-refractivity contribution in [3.8, 4) is 0 Å². The fraction of sp³-hybridized carbons (Fsp3) is 0.350. The van der Waals surface area contributed by atoms with Crippen LogP contribution >= 0.6 is 11.3 Å². The number of aryl methyl sites for hydroxylation is 1. The molecule has 0 fully saturated rings. The number of rotatable bonds is 3. The van der Waals surface area contributed by atoms with Gasteiger partial charge in [-0.1, -0.05) is 25.1 Å². The molecule has 0 aliphatic carbocycles. The fourth-order valence-corrected chi connectivity index (χ4v) is 4.64. The van der Waals surface area contributed by atoms with Gasteiger partial charge in [-0.3, -0.25) is 9.59 Å². The first-order valence-corrected chi connectivity index (χ1v) is 9.87. The summed E-state index contributed by atoms with van der Waals surface area (Å²) in [5.74, 6) is -0.101. The van der Waals surface area contributed by atoms with Crippen LogP contribution in [0.25, 0.3) is 10.8 Å². The molecule has 0 unspecified atom stereocenters. The zero-order chi connectivity index (χ0) is 18.3. The summed E-state index contributed by atoms with van der Waals surface area (Å²) in [6.07, 6.45) is 1.66. The maximum atomic E-state index is 13.4. The van der Waals surface area contributed by atoms with E-state index in [2.05, 4.69) is 23.5 Å². The van der Waals surface area contributed by atoms with Gasteiger partial charge in [-0.05, 0) is 42.8 Å². The summed E-state index contributed by atoms with van der Waals surface area (Å²) in [4.78, 5) is 29.3. The smallest absolute Gasteiger partial charge is 0.275 e. The van der Waals surface area contributed by atoms with Gasteiger partial charge in [-0.2, -0.15) is 5.10 Å². The monoisotopic (exact) mass is 367 g/mol. The first-order chi connectivity index (χ1) is 12.6. The predicted molar refractivity (Wildman–Crippen MR) is 104 cm³/mol. The van der Waals surface area contributed by atoms with Crippen molar-refractivity contribution in [1.82, 2.24) is 14.7 Å². The average molecular weight is 367 g/mol. The summed E-state index contributed by atoms with van der Waals surface area (Å²) in [5.41, 5.74) is 1.46. The van der Waals surface area contributed by atoms with Crippen molar-refractivity contribution >= 4 is 28.0 Å². The predicted octanol–water partition coefficient (Wildman–Crippen LogP) is 3.63. The van der Waals surface area contributed by atoms with Crippen molar-refractivity contribution in [3.05, 3.63) is 62.2 Å². The zero-order valence-corrected chi connectivity index (χ0v) is 15.8. The van der Waals surface area contributed by atoms with Crippen LogP contribution in [0.4, 0.5) is 0 Å². The van der Waals surface area contributed by atoms with Crippen LogP contribution in [0, 0.1) is 0 Å². The second-order valence-electron chi connectivity index (χ2n) is 6.65. The van der Waals surface area contributed by atoms with Crippen molar-refractivity contribution in [2.45, 2.75) is 39.3 Å². The summed E-state index contributed by atoms with van der Waals surface area (Å²) in [6.45, 7) is 5.24. The van der Waals surface area contributed by atoms with E-state index >= 15 is 0 Å². The van der Waals surface area contributed by atoms with E-state index in [1.54, 1.807) is 17.4 Å². The Bertz CT molecular complexity index is 1040. The minimum Gasteiger partial charge on any atom is -0.330 e. The summed E-state index contributed by atoms with van der Waals surface area (Å²) in [6, 6.07) is 9.39. The first kappa shape index (κ1) is 17.0. The molecule has 1 atom stereocenters. The molecule has 134 valence electrons. The molecule has 3 heterocycles. The van der Waals surface area contributed by atoms with Gasteiger partial charge in [0, 0.05) is 23.4 Å². The zero-order valence-electron chi connectivity index (χ0n) is 14.9. The summed E-state index contributed by atoms with van der Waals surface area (Å²) >= 11 is 1.75. The SMILES string of the molecule is CCCn1nc(C(=O)N2CCc3sccc3[C@@H]2C)c2ccccc2c1=O. The van der Waals surface area contributed by atoms with Gasteiger partial charge < -0.3 is 4.90 Å². The lowest BCUT2D eigenvalue weighted by Crippen LogP contribution is -2.40. The molecule has 5 nitrogen and oxygen atoms in total. The summed E-state index contributed by atoms with van der Waals surface area (Å²) < 4.78 is 1.43. The lowest BCUT2D eigenvalue weighted by molar-refractivity contribution is 0.0672. The van der Waals surface area contributed by atoms with Crippen molar-refractivity contribution in [2.75, 3.05) is 6.54 Å². The molecule has 1 amide bonds. The van der Waals surface area contributed by atoms with Crippen LogP contribution in [0.5, 0.6) is 0 Å². The molecule has 0 saturated heterocycles. The molecule has 4 rings (SSSR count). The van der Waals surface area contributed by atoms with Gasteiger partial charge >= 0.3 is 0 Å². The largest absolute Gasteiger partial charge is 0.330 e. The minimum absolute atomic E-state index is 0.0182. The Hall–Kier alpha value is -2.47. The summed E-state index contributed by atoms with van der Waals surface area (Å²) in [7, 11) is 0. The average Bonchev–Trinajstić information content (AvgIpc) is 3.14. The molecule has 1 aliphatic rings. The first-order valence-electron chi connectivity index (χ1n) is 8.99. The number of benzene rings is 1. The second kappa shape index (κ2) is 6.68. The molecule has 0 spiro atoms. The van der Waals surface area contributed by atoms with E-state index in [1.165, 1.54) is 15.1 Å². The minimum atomic E-state index is -0.134. The standard InChI is InChI=1S/C20H21N3O2S/c1-3-10-23-19(24)16-7-5-4-6-15(16)18(21-23)20(25)22-11-8-17-14(13(22)2)9-12-26-17/h4-7,9,12-13H,3,8,10-11H2,1-2H3/t13-/m0/s1. The highest BCUT2D eigenvalue weighted by molar-refractivity contribution is 7.10. The van der Waals surface area contributed by atoms with E-state index in [4.69, 9.17) is 0 Å². The highest BCUT2D eigenvalue weighted by Crippen LogP contribution is 2.34. The molecule has 0 saturated carbocycles. The Labute approximate surface area is 155 Å². The van der Waals surface area contributed by atoms with Gasteiger partial charge in [0.2, 0.25) is 0 Å². The number of hydrogen-bond donors (Lipinski definition) is 0. The fourth-order valence-electron chi connectivity index (χ4n) is 3.68. The van der Waals surface area contributed by atoms with Crippen LogP contribution in [0.1, 0.15) is 47.2 Å². The number of amides is 1. The van der Waals surface area contributed by atoms with E-state index in [1.807, 2.05) is 30.0 Å². The Morgan fingerprint density at radius 3 is 2.81 bits per heavy atom. The maximum absolute atomic E-state index is 13.4. The number of hydrogen-bond acceptors (Lipinski definition) is 4. The number of carbonyl (C=O) groups is 1. The second-order valence-corrected chi connectivity index (χ2v) is 7.65. The normalized spacial score (nSPS) is 16.7. The van der Waals surface area contributed by atoms with E-state index in [-0.39, 0.29) is 17.5 Å². The van der Waals surface area contributed by atoms with Gasteiger partial charge in [0.1, 0.15) is 0 Å². The van der Waals surface area contributed by atoms with Crippen LogP contribution in [0.3, 0.4) is 0 Å². The van der Waals surface area contributed by atoms with Gasteiger partial charge in [-0.15, -0.1) is 11.3 Å². The lowest BCUT2D eigenvalue weighted by atomic mass is 10.0. The number of fused-ring (bicyclic) bond motifs is 2. The highest BCUT2D eigenvalue weighted by Gasteiger charge is 2.31. The van der Waals surface area contributed by atoms with E-state index < -0.39 is 0 Å². The van der Waals surface area contributed by atoms with Crippen LogP contribution in [-0.4, -0.2) is 27.1 Å². The van der Waals surface area contributed by atoms with Crippen LogP contribution < -0.4 is 5.56 Å². The Morgan fingerprint density at radius 2 is 2.04 bits per heavy atom. The van der Waals surface area contributed by atoms with Crippen molar-refractivity contribution in [2.24, 2.45) is 0 Å². The molecule has 0 bridgehead atoms. The van der Waals surface area contributed by atoms with Gasteiger partial charge in [0.05, 0.1) is 11.4 Å². The third-order valence-corrected chi connectivity index (χ3v) is 6.04.